The number of hydrogen-bond acceptors (Lipinski definition) is 2. The van der Waals surface area contributed by atoms with Gasteiger partial charge in [0, 0.05) is 6.54 Å². The van der Waals surface area contributed by atoms with E-state index in [2.05, 4.69) is 10.6 Å². The Morgan fingerprint density at radius 2 is 1.93 bits per heavy atom. The van der Waals surface area contributed by atoms with Gasteiger partial charge in [0.1, 0.15) is 5.88 Å². The highest BCUT2D eigenvalue weighted by Gasteiger charge is 2.16. The molecule has 0 spiro atoms. The van der Waals surface area contributed by atoms with Gasteiger partial charge in [-0.3, -0.25) is 10.1 Å². The summed E-state index contributed by atoms with van der Waals surface area (Å²) in [5, 5.41) is 4.71. The number of imide groups is 1. The van der Waals surface area contributed by atoms with Crippen molar-refractivity contribution in [3.63, 3.8) is 0 Å². The maximum atomic E-state index is 11.1. The Kier molecular flexibility index (Phi) is 5.53. The molecule has 0 saturated carbocycles. The van der Waals surface area contributed by atoms with E-state index in [1.54, 1.807) is 0 Å². The highest BCUT2D eigenvalue weighted by atomic mass is 35.5. The SMILES string of the molecule is CCC(C)(C)CNC(=O)NC(=O)CCl. The lowest BCUT2D eigenvalue weighted by Crippen LogP contribution is -2.43. The van der Waals surface area contributed by atoms with Gasteiger partial charge in [-0.05, 0) is 11.8 Å². The summed E-state index contributed by atoms with van der Waals surface area (Å²) in [4.78, 5) is 21.8. The van der Waals surface area contributed by atoms with E-state index in [1.807, 2.05) is 20.8 Å². The van der Waals surface area contributed by atoms with Crippen molar-refractivity contribution in [3.8, 4) is 0 Å². The number of alkyl halides is 1. The summed E-state index contributed by atoms with van der Waals surface area (Å²) in [6, 6.07) is -0.489. The van der Waals surface area contributed by atoms with Crippen LogP contribution in [0.4, 0.5) is 4.79 Å². The second-order valence-corrected chi connectivity index (χ2v) is 4.15. The third kappa shape index (κ3) is 5.80. The summed E-state index contributed by atoms with van der Waals surface area (Å²) < 4.78 is 0. The van der Waals surface area contributed by atoms with Crippen molar-refractivity contribution in [3.05, 3.63) is 0 Å². The van der Waals surface area contributed by atoms with E-state index in [9.17, 15) is 9.59 Å². The third-order valence-corrected chi connectivity index (χ3v) is 2.30. The van der Waals surface area contributed by atoms with Crippen molar-refractivity contribution in [2.75, 3.05) is 12.4 Å². The molecule has 4 nitrogen and oxygen atoms in total. The summed E-state index contributed by atoms with van der Waals surface area (Å²) in [6.45, 7) is 6.65. The molecule has 0 saturated heterocycles. The van der Waals surface area contributed by atoms with E-state index in [-0.39, 0.29) is 11.3 Å². The Labute approximate surface area is 89.4 Å². The minimum absolute atomic E-state index is 0.0430. The number of urea groups is 1. The molecule has 0 heterocycles. The summed E-state index contributed by atoms with van der Waals surface area (Å²) in [5.41, 5.74) is 0.0430. The number of nitrogens with one attached hydrogen (secondary N) is 2. The van der Waals surface area contributed by atoms with E-state index in [4.69, 9.17) is 11.6 Å². The molecule has 0 aromatic rings. The number of halogens is 1. The smallest absolute Gasteiger partial charge is 0.321 e. The van der Waals surface area contributed by atoms with Crippen molar-refractivity contribution in [1.29, 1.82) is 0 Å². The first-order chi connectivity index (χ1) is 6.41. The fourth-order valence-electron chi connectivity index (χ4n) is 0.649. The first-order valence-electron chi connectivity index (χ1n) is 4.55. The van der Waals surface area contributed by atoms with Gasteiger partial charge in [0.15, 0.2) is 0 Å². The molecular weight excluding hydrogens is 204 g/mol. The van der Waals surface area contributed by atoms with Gasteiger partial charge in [0.25, 0.3) is 0 Å². The fraction of sp³-hybridized carbons (Fsp3) is 0.778. The van der Waals surface area contributed by atoms with Crippen molar-refractivity contribution >= 4 is 23.5 Å². The normalized spacial score (nSPS) is 10.9. The molecule has 0 aliphatic heterocycles. The average Bonchev–Trinajstić information content (AvgIpc) is 2.15. The van der Waals surface area contributed by atoms with Crippen molar-refractivity contribution < 1.29 is 9.59 Å². The zero-order chi connectivity index (χ0) is 11.2. The first kappa shape index (κ1) is 13.2. The zero-order valence-electron chi connectivity index (χ0n) is 8.82. The summed E-state index contributed by atoms with van der Waals surface area (Å²) in [5.74, 6) is -0.691. The lowest BCUT2D eigenvalue weighted by atomic mass is 9.90. The van der Waals surface area contributed by atoms with Crippen LogP contribution in [-0.2, 0) is 4.79 Å². The number of carbonyl (C=O) groups excluding carboxylic acids is 2. The van der Waals surface area contributed by atoms with Gasteiger partial charge in [-0.25, -0.2) is 4.79 Å². The van der Waals surface area contributed by atoms with Gasteiger partial charge in [0.05, 0.1) is 0 Å². The van der Waals surface area contributed by atoms with E-state index >= 15 is 0 Å². The number of rotatable bonds is 4. The Balaban J connectivity index is 3.80. The second kappa shape index (κ2) is 5.86. The number of carbonyl (C=O) groups is 2. The maximum absolute atomic E-state index is 11.1. The minimum atomic E-state index is -0.489. The monoisotopic (exact) mass is 220 g/mol. The first-order valence-corrected chi connectivity index (χ1v) is 5.08. The molecule has 0 atom stereocenters. The molecule has 0 rings (SSSR count). The predicted molar refractivity (Wildman–Crippen MR) is 56.3 cm³/mol. The van der Waals surface area contributed by atoms with Gasteiger partial charge >= 0.3 is 6.03 Å². The van der Waals surface area contributed by atoms with Gasteiger partial charge < -0.3 is 5.32 Å². The molecule has 0 unspecified atom stereocenters. The van der Waals surface area contributed by atoms with Crippen molar-refractivity contribution in [2.45, 2.75) is 27.2 Å². The minimum Gasteiger partial charge on any atom is -0.337 e. The zero-order valence-corrected chi connectivity index (χ0v) is 9.57. The van der Waals surface area contributed by atoms with Gasteiger partial charge in [-0.1, -0.05) is 20.8 Å². The topological polar surface area (TPSA) is 58.2 Å². The van der Waals surface area contributed by atoms with Crippen LogP contribution in [0.15, 0.2) is 0 Å². The second-order valence-electron chi connectivity index (χ2n) is 3.88. The number of amides is 3. The molecular formula is C9H17ClN2O2. The summed E-state index contributed by atoms with van der Waals surface area (Å²) >= 11 is 5.22. The molecule has 0 aromatic carbocycles. The molecule has 2 N–H and O–H groups in total. The Hall–Kier alpha value is -0.770. The van der Waals surface area contributed by atoms with Crippen LogP contribution in [0.5, 0.6) is 0 Å². The Morgan fingerprint density at radius 3 is 2.36 bits per heavy atom. The van der Waals surface area contributed by atoms with Crippen LogP contribution in [0.1, 0.15) is 27.2 Å². The van der Waals surface area contributed by atoms with Crippen molar-refractivity contribution in [2.24, 2.45) is 5.41 Å². The fourth-order valence-corrected chi connectivity index (χ4v) is 0.716. The highest BCUT2D eigenvalue weighted by Crippen LogP contribution is 2.17. The molecule has 0 aliphatic carbocycles. The Morgan fingerprint density at radius 1 is 1.36 bits per heavy atom. The molecule has 14 heavy (non-hydrogen) atoms. The van der Waals surface area contributed by atoms with Gasteiger partial charge in [0.2, 0.25) is 5.91 Å². The molecule has 82 valence electrons. The average molecular weight is 221 g/mol. The maximum Gasteiger partial charge on any atom is 0.321 e. The van der Waals surface area contributed by atoms with Crippen LogP contribution in [-0.4, -0.2) is 24.4 Å². The van der Waals surface area contributed by atoms with E-state index in [0.717, 1.165) is 6.42 Å². The molecule has 3 amide bonds. The van der Waals surface area contributed by atoms with E-state index in [1.165, 1.54) is 0 Å². The summed E-state index contributed by atoms with van der Waals surface area (Å²) in [7, 11) is 0. The predicted octanol–water partition coefficient (Wildman–Crippen LogP) is 1.49. The van der Waals surface area contributed by atoms with Crippen LogP contribution in [0.25, 0.3) is 0 Å². The van der Waals surface area contributed by atoms with Gasteiger partial charge in [-0.2, -0.15) is 0 Å². The molecule has 0 bridgehead atoms. The quantitative estimate of drug-likeness (QED) is 0.706. The van der Waals surface area contributed by atoms with Gasteiger partial charge in [-0.15, -0.1) is 11.6 Å². The van der Waals surface area contributed by atoms with Crippen LogP contribution in [0, 0.1) is 5.41 Å². The molecule has 0 aliphatic rings. The van der Waals surface area contributed by atoms with Crippen LogP contribution in [0.3, 0.4) is 0 Å². The molecule has 0 aromatic heterocycles. The third-order valence-electron chi connectivity index (χ3n) is 2.06. The molecule has 5 heteroatoms. The van der Waals surface area contributed by atoms with E-state index < -0.39 is 11.9 Å². The highest BCUT2D eigenvalue weighted by molar-refractivity contribution is 6.28. The summed E-state index contributed by atoms with van der Waals surface area (Å²) in [6.07, 6.45) is 0.955. The lowest BCUT2D eigenvalue weighted by Gasteiger charge is -2.22. The van der Waals surface area contributed by atoms with Crippen LogP contribution < -0.4 is 10.6 Å². The Bertz CT molecular complexity index is 217. The molecule has 0 fully saturated rings. The van der Waals surface area contributed by atoms with E-state index in [0.29, 0.717) is 6.54 Å². The van der Waals surface area contributed by atoms with Crippen LogP contribution in [0.2, 0.25) is 0 Å². The lowest BCUT2D eigenvalue weighted by molar-refractivity contribution is -0.117. The number of hydrogen-bond donors (Lipinski definition) is 2. The van der Waals surface area contributed by atoms with Crippen LogP contribution >= 0.6 is 11.6 Å². The standard InChI is InChI=1S/C9H17ClN2O2/c1-4-9(2,3)6-11-8(14)12-7(13)5-10/h4-6H2,1-3H3,(H2,11,12,13,14). The molecule has 0 radical (unpaired) electrons. The largest absolute Gasteiger partial charge is 0.337 e. The van der Waals surface area contributed by atoms with Crippen molar-refractivity contribution in [1.82, 2.24) is 10.6 Å².